The van der Waals surface area contributed by atoms with Gasteiger partial charge in [-0.15, -0.1) is 0 Å². The van der Waals surface area contributed by atoms with Crippen molar-refractivity contribution in [3.63, 3.8) is 0 Å². The number of amides is 3. The number of carbonyl (C=O) groups excluding carboxylic acids is 3. The zero-order valence-corrected chi connectivity index (χ0v) is 15.0. The van der Waals surface area contributed by atoms with Crippen molar-refractivity contribution in [1.82, 2.24) is 9.80 Å². The molecule has 142 valence electrons. The van der Waals surface area contributed by atoms with Gasteiger partial charge in [0.15, 0.2) is 0 Å². The molecular weight excluding hydrogens is 346 g/mol. The van der Waals surface area contributed by atoms with E-state index in [2.05, 4.69) is 0 Å². The SMILES string of the molecule is NC(=O)CCN(Cc1ccccc1)C(=O)C1CC(=O)N(Cc2ccco2)C1. The van der Waals surface area contributed by atoms with Gasteiger partial charge in [0.1, 0.15) is 5.76 Å². The van der Waals surface area contributed by atoms with Crippen molar-refractivity contribution >= 4 is 17.7 Å². The molecule has 1 unspecified atom stereocenters. The Morgan fingerprint density at radius 3 is 2.63 bits per heavy atom. The highest BCUT2D eigenvalue weighted by Gasteiger charge is 2.36. The summed E-state index contributed by atoms with van der Waals surface area (Å²) < 4.78 is 5.29. The topological polar surface area (TPSA) is 96.8 Å². The maximum atomic E-state index is 13.0. The molecule has 0 aliphatic carbocycles. The third-order valence-corrected chi connectivity index (χ3v) is 4.65. The second kappa shape index (κ2) is 8.53. The summed E-state index contributed by atoms with van der Waals surface area (Å²) in [6.07, 6.45) is 1.82. The predicted octanol–water partition coefficient (Wildman–Crippen LogP) is 1.53. The molecule has 0 radical (unpaired) electrons. The van der Waals surface area contributed by atoms with Crippen LogP contribution in [0.15, 0.2) is 53.1 Å². The number of rotatable bonds is 8. The van der Waals surface area contributed by atoms with E-state index in [9.17, 15) is 14.4 Å². The predicted molar refractivity (Wildman–Crippen MR) is 97.9 cm³/mol. The van der Waals surface area contributed by atoms with Crippen LogP contribution in [0.4, 0.5) is 0 Å². The Morgan fingerprint density at radius 1 is 1.19 bits per heavy atom. The summed E-state index contributed by atoms with van der Waals surface area (Å²) in [6, 6.07) is 13.1. The fourth-order valence-electron chi connectivity index (χ4n) is 3.26. The van der Waals surface area contributed by atoms with E-state index in [0.29, 0.717) is 25.4 Å². The van der Waals surface area contributed by atoms with Crippen LogP contribution in [0.2, 0.25) is 0 Å². The molecule has 2 aromatic rings. The molecule has 1 aliphatic rings. The molecule has 1 atom stereocenters. The number of carbonyl (C=O) groups is 3. The second-order valence-corrected chi connectivity index (χ2v) is 6.72. The van der Waals surface area contributed by atoms with Crippen LogP contribution in [0, 0.1) is 5.92 Å². The molecule has 1 aromatic heterocycles. The van der Waals surface area contributed by atoms with Crippen LogP contribution in [-0.2, 0) is 27.5 Å². The first kappa shape index (κ1) is 18.7. The average Bonchev–Trinajstić information content (AvgIpc) is 3.29. The van der Waals surface area contributed by atoms with Crippen molar-refractivity contribution < 1.29 is 18.8 Å². The van der Waals surface area contributed by atoms with Crippen molar-refractivity contribution in [1.29, 1.82) is 0 Å². The summed E-state index contributed by atoms with van der Waals surface area (Å²) in [5.74, 6) is -0.395. The minimum atomic E-state index is -0.456. The smallest absolute Gasteiger partial charge is 0.228 e. The van der Waals surface area contributed by atoms with Crippen LogP contribution in [0.25, 0.3) is 0 Å². The summed E-state index contributed by atoms with van der Waals surface area (Å²) in [7, 11) is 0. The van der Waals surface area contributed by atoms with E-state index < -0.39 is 11.8 Å². The Morgan fingerprint density at radius 2 is 1.96 bits per heavy atom. The first-order chi connectivity index (χ1) is 13.0. The van der Waals surface area contributed by atoms with Gasteiger partial charge in [0.05, 0.1) is 18.7 Å². The van der Waals surface area contributed by atoms with E-state index in [1.807, 2.05) is 30.3 Å². The van der Waals surface area contributed by atoms with Crippen molar-refractivity contribution in [2.24, 2.45) is 11.7 Å². The summed E-state index contributed by atoms with van der Waals surface area (Å²) in [5.41, 5.74) is 6.22. The lowest BCUT2D eigenvalue weighted by molar-refractivity contribution is -0.136. The lowest BCUT2D eigenvalue weighted by atomic mass is 10.1. The molecule has 3 rings (SSSR count). The maximum Gasteiger partial charge on any atom is 0.228 e. The molecule has 1 aliphatic heterocycles. The quantitative estimate of drug-likeness (QED) is 0.763. The number of nitrogens with two attached hydrogens (primary N) is 1. The van der Waals surface area contributed by atoms with E-state index in [1.165, 1.54) is 0 Å². The van der Waals surface area contributed by atoms with E-state index in [4.69, 9.17) is 10.2 Å². The third-order valence-electron chi connectivity index (χ3n) is 4.65. The minimum absolute atomic E-state index is 0.0701. The highest BCUT2D eigenvalue weighted by atomic mass is 16.3. The van der Waals surface area contributed by atoms with Gasteiger partial charge in [0, 0.05) is 32.5 Å². The number of likely N-dealkylation sites (tertiary alicyclic amines) is 1. The number of benzene rings is 1. The zero-order chi connectivity index (χ0) is 19.2. The van der Waals surface area contributed by atoms with Gasteiger partial charge in [0.25, 0.3) is 0 Å². The molecule has 1 fully saturated rings. The highest BCUT2D eigenvalue weighted by Crippen LogP contribution is 2.23. The Kier molecular flexibility index (Phi) is 5.90. The van der Waals surface area contributed by atoms with Gasteiger partial charge in [-0.25, -0.2) is 0 Å². The van der Waals surface area contributed by atoms with E-state index in [-0.39, 0.29) is 31.2 Å². The summed E-state index contributed by atoms with van der Waals surface area (Å²) in [5, 5.41) is 0. The van der Waals surface area contributed by atoms with Crippen LogP contribution in [0.5, 0.6) is 0 Å². The van der Waals surface area contributed by atoms with Crippen molar-refractivity contribution in [2.75, 3.05) is 13.1 Å². The summed E-state index contributed by atoms with van der Waals surface area (Å²) in [6.45, 7) is 1.33. The molecule has 2 N–H and O–H groups in total. The van der Waals surface area contributed by atoms with Gasteiger partial charge in [-0.05, 0) is 17.7 Å². The van der Waals surface area contributed by atoms with Crippen LogP contribution >= 0.6 is 0 Å². The van der Waals surface area contributed by atoms with Gasteiger partial charge in [0.2, 0.25) is 17.7 Å². The van der Waals surface area contributed by atoms with Crippen molar-refractivity contribution in [2.45, 2.75) is 25.9 Å². The van der Waals surface area contributed by atoms with Gasteiger partial charge in [-0.2, -0.15) is 0 Å². The van der Waals surface area contributed by atoms with Crippen molar-refractivity contribution in [3.05, 3.63) is 60.1 Å². The molecule has 1 aromatic carbocycles. The van der Waals surface area contributed by atoms with E-state index >= 15 is 0 Å². The van der Waals surface area contributed by atoms with Crippen LogP contribution < -0.4 is 5.73 Å². The minimum Gasteiger partial charge on any atom is -0.467 e. The van der Waals surface area contributed by atoms with Crippen LogP contribution in [0.1, 0.15) is 24.2 Å². The zero-order valence-electron chi connectivity index (χ0n) is 15.0. The fraction of sp³-hybridized carbons (Fsp3) is 0.350. The Labute approximate surface area is 157 Å². The summed E-state index contributed by atoms with van der Waals surface area (Å²) >= 11 is 0. The molecule has 2 heterocycles. The van der Waals surface area contributed by atoms with E-state index in [0.717, 1.165) is 5.56 Å². The largest absolute Gasteiger partial charge is 0.467 e. The lowest BCUT2D eigenvalue weighted by Gasteiger charge is -2.25. The number of nitrogens with zero attached hydrogens (tertiary/aromatic N) is 2. The molecular formula is C20H23N3O4. The molecule has 27 heavy (non-hydrogen) atoms. The maximum absolute atomic E-state index is 13.0. The monoisotopic (exact) mass is 369 g/mol. The molecule has 7 heteroatoms. The molecule has 0 saturated carbocycles. The first-order valence-electron chi connectivity index (χ1n) is 8.94. The van der Waals surface area contributed by atoms with Crippen LogP contribution in [-0.4, -0.2) is 40.6 Å². The van der Waals surface area contributed by atoms with Crippen LogP contribution in [0.3, 0.4) is 0 Å². The molecule has 3 amide bonds. The second-order valence-electron chi connectivity index (χ2n) is 6.72. The van der Waals surface area contributed by atoms with Crippen molar-refractivity contribution in [3.8, 4) is 0 Å². The number of hydrogen-bond donors (Lipinski definition) is 1. The normalized spacial score (nSPS) is 16.5. The molecule has 0 spiro atoms. The van der Waals surface area contributed by atoms with Gasteiger partial charge in [-0.1, -0.05) is 30.3 Å². The molecule has 1 saturated heterocycles. The Bertz CT molecular complexity index is 789. The number of primary amides is 1. The molecule has 0 bridgehead atoms. The Balaban J connectivity index is 1.67. The number of furan rings is 1. The first-order valence-corrected chi connectivity index (χ1v) is 8.94. The lowest BCUT2D eigenvalue weighted by Crippen LogP contribution is -2.38. The standard InChI is InChI=1S/C20H23N3O4/c21-18(24)8-9-22(12-15-5-2-1-3-6-15)20(26)16-11-19(25)23(13-16)14-17-7-4-10-27-17/h1-7,10,16H,8-9,11-14H2,(H2,21,24). The number of hydrogen-bond acceptors (Lipinski definition) is 4. The Hall–Kier alpha value is -3.09. The van der Waals surface area contributed by atoms with Gasteiger partial charge in [-0.3, -0.25) is 14.4 Å². The molecule has 7 nitrogen and oxygen atoms in total. The third kappa shape index (κ3) is 4.97. The highest BCUT2D eigenvalue weighted by molar-refractivity contribution is 5.89. The van der Waals surface area contributed by atoms with Gasteiger partial charge >= 0.3 is 0 Å². The fourth-order valence-corrected chi connectivity index (χ4v) is 3.26. The summed E-state index contributed by atoms with van der Waals surface area (Å²) in [4.78, 5) is 39.8. The average molecular weight is 369 g/mol. The van der Waals surface area contributed by atoms with E-state index in [1.54, 1.807) is 28.2 Å². The van der Waals surface area contributed by atoms with Gasteiger partial charge < -0.3 is 20.0 Å².